The molecule has 0 spiro atoms. The molecule has 0 radical (unpaired) electrons. The van der Waals surface area contributed by atoms with Gasteiger partial charge >= 0.3 is 0 Å². The highest BCUT2D eigenvalue weighted by atomic mass is 79.9. The number of hydrogen-bond acceptors (Lipinski definition) is 4. The Morgan fingerprint density at radius 2 is 1.75 bits per heavy atom. The van der Waals surface area contributed by atoms with E-state index in [4.69, 9.17) is 15.2 Å². The first-order chi connectivity index (χ1) is 9.56. The van der Waals surface area contributed by atoms with Crippen LogP contribution in [0.2, 0.25) is 0 Å². The van der Waals surface area contributed by atoms with Gasteiger partial charge in [0, 0.05) is 21.3 Å². The lowest BCUT2D eigenvalue weighted by molar-refractivity contribution is 0.103. The fourth-order valence-corrected chi connectivity index (χ4v) is 2.37. The zero-order chi connectivity index (χ0) is 14.7. The van der Waals surface area contributed by atoms with E-state index in [0.29, 0.717) is 32.8 Å². The number of benzene rings is 2. The second-order valence-corrected chi connectivity index (χ2v) is 5.00. The largest absolute Gasteiger partial charge is 0.493 e. The number of nitrogen functional groups attached to an aromatic ring is 1. The second kappa shape index (κ2) is 5.96. The minimum atomic E-state index is -0.134. The molecule has 5 heteroatoms. The van der Waals surface area contributed by atoms with Crippen molar-refractivity contribution in [3.05, 3.63) is 52.0 Å². The van der Waals surface area contributed by atoms with Gasteiger partial charge in [-0.3, -0.25) is 4.79 Å². The average molecular weight is 336 g/mol. The third-order valence-electron chi connectivity index (χ3n) is 2.87. The van der Waals surface area contributed by atoms with Gasteiger partial charge in [-0.25, -0.2) is 0 Å². The smallest absolute Gasteiger partial charge is 0.194 e. The normalized spacial score (nSPS) is 10.2. The number of methoxy groups -OCH3 is 2. The standard InChI is InChI=1S/C15H14BrNO3/c1-19-13-7-11(12(16)8-14(13)20-2)15(18)9-4-3-5-10(17)6-9/h3-8H,17H2,1-2H3. The summed E-state index contributed by atoms with van der Waals surface area (Å²) in [5.41, 5.74) is 7.27. The number of carbonyl (C=O) groups excluding carboxylic acids is 1. The molecule has 0 atom stereocenters. The Balaban J connectivity index is 2.49. The molecule has 0 fully saturated rings. The van der Waals surface area contributed by atoms with Crippen molar-refractivity contribution in [3.63, 3.8) is 0 Å². The van der Waals surface area contributed by atoms with Gasteiger partial charge in [-0.1, -0.05) is 12.1 Å². The van der Waals surface area contributed by atoms with Gasteiger partial charge in [-0.2, -0.15) is 0 Å². The van der Waals surface area contributed by atoms with Gasteiger partial charge in [-0.05, 0) is 40.2 Å². The highest BCUT2D eigenvalue weighted by Gasteiger charge is 2.17. The summed E-state index contributed by atoms with van der Waals surface area (Å²) in [4.78, 5) is 12.5. The van der Waals surface area contributed by atoms with E-state index in [1.165, 1.54) is 7.11 Å². The van der Waals surface area contributed by atoms with Crippen LogP contribution in [0.5, 0.6) is 11.5 Å². The van der Waals surface area contributed by atoms with E-state index >= 15 is 0 Å². The SMILES string of the molecule is COc1cc(Br)c(C(=O)c2cccc(N)c2)cc1OC. The Bertz CT molecular complexity index is 656. The summed E-state index contributed by atoms with van der Waals surface area (Å²) in [7, 11) is 3.07. The average Bonchev–Trinajstić information content (AvgIpc) is 2.46. The van der Waals surface area contributed by atoms with Crippen LogP contribution in [0.25, 0.3) is 0 Å². The quantitative estimate of drug-likeness (QED) is 0.688. The van der Waals surface area contributed by atoms with Crippen LogP contribution >= 0.6 is 15.9 Å². The fraction of sp³-hybridized carbons (Fsp3) is 0.133. The van der Waals surface area contributed by atoms with Crippen molar-refractivity contribution in [1.82, 2.24) is 0 Å². The summed E-state index contributed by atoms with van der Waals surface area (Å²) in [6.07, 6.45) is 0. The monoisotopic (exact) mass is 335 g/mol. The molecule has 0 amide bonds. The van der Waals surface area contributed by atoms with Crippen molar-refractivity contribution >= 4 is 27.4 Å². The van der Waals surface area contributed by atoms with Gasteiger partial charge < -0.3 is 15.2 Å². The molecule has 0 heterocycles. The Morgan fingerprint density at radius 3 is 2.35 bits per heavy atom. The zero-order valence-electron chi connectivity index (χ0n) is 11.1. The molecule has 0 saturated heterocycles. The minimum Gasteiger partial charge on any atom is -0.493 e. The second-order valence-electron chi connectivity index (χ2n) is 4.14. The van der Waals surface area contributed by atoms with Crippen LogP contribution in [0.3, 0.4) is 0 Å². The summed E-state index contributed by atoms with van der Waals surface area (Å²) in [5, 5.41) is 0. The van der Waals surface area contributed by atoms with E-state index in [-0.39, 0.29) is 5.78 Å². The first-order valence-electron chi connectivity index (χ1n) is 5.88. The Kier molecular flexibility index (Phi) is 4.29. The maximum absolute atomic E-state index is 12.5. The lowest BCUT2D eigenvalue weighted by atomic mass is 10.0. The molecule has 2 N–H and O–H groups in total. The molecular formula is C15H14BrNO3. The summed E-state index contributed by atoms with van der Waals surface area (Å²) in [6, 6.07) is 10.2. The molecule has 0 aliphatic carbocycles. The summed E-state index contributed by atoms with van der Waals surface area (Å²) >= 11 is 3.38. The molecule has 20 heavy (non-hydrogen) atoms. The number of rotatable bonds is 4. The van der Waals surface area contributed by atoms with Gasteiger partial charge in [0.1, 0.15) is 0 Å². The topological polar surface area (TPSA) is 61.5 Å². The van der Waals surface area contributed by atoms with Crippen LogP contribution in [0, 0.1) is 0 Å². The summed E-state index contributed by atoms with van der Waals surface area (Å²) in [6.45, 7) is 0. The Labute approximate surface area is 125 Å². The molecule has 0 aromatic heterocycles. The zero-order valence-corrected chi connectivity index (χ0v) is 12.7. The summed E-state index contributed by atoms with van der Waals surface area (Å²) < 4.78 is 11.1. The van der Waals surface area contributed by atoms with E-state index in [9.17, 15) is 4.79 Å². The van der Waals surface area contributed by atoms with Gasteiger partial charge in [0.25, 0.3) is 0 Å². The molecule has 0 unspecified atom stereocenters. The highest BCUT2D eigenvalue weighted by Crippen LogP contribution is 2.34. The number of hydrogen-bond donors (Lipinski definition) is 1. The maximum atomic E-state index is 12.5. The lowest BCUT2D eigenvalue weighted by Crippen LogP contribution is -2.04. The van der Waals surface area contributed by atoms with Crippen LogP contribution in [-0.2, 0) is 0 Å². The fourth-order valence-electron chi connectivity index (χ4n) is 1.86. The van der Waals surface area contributed by atoms with Crippen LogP contribution in [0.4, 0.5) is 5.69 Å². The molecule has 0 saturated carbocycles. The van der Waals surface area contributed by atoms with Crippen LogP contribution in [0.1, 0.15) is 15.9 Å². The molecule has 0 aliphatic heterocycles. The van der Waals surface area contributed by atoms with Crippen molar-refractivity contribution < 1.29 is 14.3 Å². The van der Waals surface area contributed by atoms with Crippen LogP contribution in [0.15, 0.2) is 40.9 Å². The van der Waals surface area contributed by atoms with E-state index < -0.39 is 0 Å². The number of ketones is 1. The van der Waals surface area contributed by atoms with Crippen molar-refractivity contribution in [2.75, 3.05) is 20.0 Å². The number of anilines is 1. The van der Waals surface area contributed by atoms with Gasteiger partial charge in [0.05, 0.1) is 14.2 Å². The van der Waals surface area contributed by atoms with Crippen molar-refractivity contribution in [3.8, 4) is 11.5 Å². The van der Waals surface area contributed by atoms with Crippen molar-refractivity contribution in [2.45, 2.75) is 0 Å². The number of nitrogens with two attached hydrogens (primary N) is 1. The Hall–Kier alpha value is -2.01. The molecular weight excluding hydrogens is 322 g/mol. The molecule has 2 rings (SSSR count). The van der Waals surface area contributed by atoms with Gasteiger partial charge in [-0.15, -0.1) is 0 Å². The molecule has 0 aliphatic rings. The minimum absolute atomic E-state index is 0.134. The molecule has 104 valence electrons. The maximum Gasteiger partial charge on any atom is 0.194 e. The molecule has 2 aromatic rings. The van der Waals surface area contributed by atoms with Gasteiger partial charge in [0.15, 0.2) is 17.3 Å². The first-order valence-corrected chi connectivity index (χ1v) is 6.68. The number of halogens is 1. The molecule has 2 aromatic carbocycles. The summed E-state index contributed by atoms with van der Waals surface area (Å²) in [5.74, 6) is 0.927. The lowest BCUT2D eigenvalue weighted by Gasteiger charge is -2.11. The third kappa shape index (κ3) is 2.77. The van der Waals surface area contributed by atoms with E-state index in [1.54, 1.807) is 43.5 Å². The highest BCUT2D eigenvalue weighted by molar-refractivity contribution is 9.10. The van der Waals surface area contributed by atoms with Crippen LogP contribution < -0.4 is 15.2 Å². The van der Waals surface area contributed by atoms with Crippen LogP contribution in [-0.4, -0.2) is 20.0 Å². The van der Waals surface area contributed by atoms with Crippen molar-refractivity contribution in [2.24, 2.45) is 0 Å². The molecule has 4 nitrogen and oxygen atoms in total. The first kappa shape index (κ1) is 14.4. The predicted octanol–water partition coefficient (Wildman–Crippen LogP) is 3.28. The van der Waals surface area contributed by atoms with E-state index in [0.717, 1.165) is 0 Å². The van der Waals surface area contributed by atoms with E-state index in [2.05, 4.69) is 15.9 Å². The van der Waals surface area contributed by atoms with Gasteiger partial charge in [0.2, 0.25) is 0 Å². The molecule has 0 bridgehead atoms. The number of ether oxygens (including phenoxy) is 2. The third-order valence-corrected chi connectivity index (χ3v) is 3.52. The number of carbonyl (C=O) groups is 1. The Morgan fingerprint density at radius 1 is 1.10 bits per heavy atom. The van der Waals surface area contributed by atoms with E-state index in [1.807, 2.05) is 0 Å². The van der Waals surface area contributed by atoms with Crippen molar-refractivity contribution in [1.29, 1.82) is 0 Å². The predicted molar refractivity (Wildman–Crippen MR) is 81.5 cm³/mol.